The van der Waals surface area contributed by atoms with Crippen LogP contribution in [0.15, 0.2) is 24.3 Å². The summed E-state index contributed by atoms with van der Waals surface area (Å²) < 4.78 is 5.12. The van der Waals surface area contributed by atoms with Crippen molar-refractivity contribution in [2.75, 3.05) is 13.7 Å². The first-order valence-electron chi connectivity index (χ1n) is 4.62. The number of benzene rings is 1. The zero-order valence-corrected chi connectivity index (χ0v) is 8.47. The largest absolute Gasteiger partial charge is 0.496 e. The maximum Gasteiger partial charge on any atom is 0.124 e. The minimum absolute atomic E-state index is 0.0424. The molecule has 0 aliphatic carbocycles. The summed E-state index contributed by atoms with van der Waals surface area (Å²) in [7, 11) is 1.56. The van der Waals surface area contributed by atoms with Crippen molar-refractivity contribution in [1.82, 2.24) is 0 Å². The van der Waals surface area contributed by atoms with Crippen LogP contribution in [-0.2, 0) is 0 Å². The summed E-state index contributed by atoms with van der Waals surface area (Å²) >= 11 is 0. The van der Waals surface area contributed by atoms with Gasteiger partial charge in [0.15, 0.2) is 0 Å². The van der Waals surface area contributed by atoms with Crippen molar-refractivity contribution in [2.24, 2.45) is 5.92 Å². The Kier molecular flexibility index (Phi) is 3.92. The quantitative estimate of drug-likeness (QED) is 0.764. The van der Waals surface area contributed by atoms with E-state index in [0.29, 0.717) is 5.75 Å². The summed E-state index contributed by atoms with van der Waals surface area (Å²) in [6.45, 7) is 1.75. The molecular formula is C11H16O3. The van der Waals surface area contributed by atoms with E-state index in [1.807, 2.05) is 12.1 Å². The van der Waals surface area contributed by atoms with E-state index in [9.17, 15) is 5.11 Å². The van der Waals surface area contributed by atoms with E-state index in [1.165, 1.54) is 0 Å². The van der Waals surface area contributed by atoms with E-state index in [0.717, 1.165) is 5.56 Å². The summed E-state index contributed by atoms with van der Waals surface area (Å²) in [4.78, 5) is 0. The fourth-order valence-corrected chi connectivity index (χ4v) is 1.32. The molecule has 2 N–H and O–H groups in total. The maximum atomic E-state index is 9.86. The molecule has 14 heavy (non-hydrogen) atoms. The van der Waals surface area contributed by atoms with E-state index in [-0.39, 0.29) is 12.5 Å². The minimum Gasteiger partial charge on any atom is -0.496 e. The van der Waals surface area contributed by atoms with Crippen LogP contribution in [-0.4, -0.2) is 23.9 Å². The predicted molar refractivity (Wildman–Crippen MR) is 54.2 cm³/mol. The highest BCUT2D eigenvalue weighted by atomic mass is 16.5. The van der Waals surface area contributed by atoms with Crippen LogP contribution in [0.3, 0.4) is 0 Å². The van der Waals surface area contributed by atoms with Gasteiger partial charge in [0.1, 0.15) is 5.75 Å². The average molecular weight is 196 g/mol. The molecule has 0 radical (unpaired) electrons. The Morgan fingerprint density at radius 3 is 2.57 bits per heavy atom. The van der Waals surface area contributed by atoms with Crippen molar-refractivity contribution in [3.05, 3.63) is 29.8 Å². The van der Waals surface area contributed by atoms with Gasteiger partial charge >= 0.3 is 0 Å². The first-order chi connectivity index (χ1) is 6.70. The second kappa shape index (κ2) is 4.98. The van der Waals surface area contributed by atoms with E-state index in [2.05, 4.69) is 0 Å². The molecule has 0 aromatic heterocycles. The zero-order chi connectivity index (χ0) is 10.6. The average Bonchev–Trinajstić information content (AvgIpc) is 2.26. The van der Waals surface area contributed by atoms with Crippen molar-refractivity contribution < 1.29 is 14.9 Å². The maximum absolute atomic E-state index is 9.86. The molecule has 0 unspecified atom stereocenters. The van der Waals surface area contributed by atoms with Gasteiger partial charge in [0.25, 0.3) is 0 Å². The Hall–Kier alpha value is -1.06. The number of ether oxygens (including phenoxy) is 1. The number of hydrogen-bond donors (Lipinski definition) is 2. The van der Waals surface area contributed by atoms with Crippen LogP contribution in [0.2, 0.25) is 0 Å². The second-order valence-corrected chi connectivity index (χ2v) is 3.35. The highest BCUT2D eigenvalue weighted by molar-refractivity contribution is 5.35. The summed E-state index contributed by atoms with van der Waals surface area (Å²) in [5.41, 5.74) is 0.719. The van der Waals surface area contributed by atoms with Crippen molar-refractivity contribution in [3.8, 4) is 5.75 Å². The summed E-state index contributed by atoms with van der Waals surface area (Å²) in [5.74, 6) is 0.464. The molecule has 0 spiro atoms. The van der Waals surface area contributed by atoms with Crippen LogP contribution >= 0.6 is 0 Å². The molecule has 3 nitrogen and oxygen atoms in total. The van der Waals surface area contributed by atoms with Gasteiger partial charge < -0.3 is 14.9 Å². The topological polar surface area (TPSA) is 49.7 Å². The standard InChI is InChI=1S/C11H16O3/c1-8(7-12)11(13)9-5-3-4-6-10(9)14-2/h3-6,8,11-13H,7H2,1-2H3/t8-,11-/m1/s1. The molecule has 0 fully saturated rings. The number of methoxy groups -OCH3 is 1. The molecule has 0 amide bonds. The first kappa shape index (κ1) is 11.0. The summed E-state index contributed by atoms with van der Waals surface area (Å²) in [6.07, 6.45) is -0.684. The molecule has 0 heterocycles. The van der Waals surface area contributed by atoms with Crippen LogP contribution < -0.4 is 4.74 Å². The Morgan fingerprint density at radius 1 is 1.36 bits per heavy atom. The van der Waals surface area contributed by atoms with Gasteiger partial charge in [-0.15, -0.1) is 0 Å². The van der Waals surface area contributed by atoms with Gasteiger partial charge in [0.2, 0.25) is 0 Å². The van der Waals surface area contributed by atoms with Crippen molar-refractivity contribution in [1.29, 1.82) is 0 Å². The number of aliphatic hydroxyl groups is 2. The SMILES string of the molecule is COc1ccccc1[C@H](O)[C@H](C)CO. The first-order valence-corrected chi connectivity index (χ1v) is 4.62. The fourth-order valence-electron chi connectivity index (χ4n) is 1.32. The van der Waals surface area contributed by atoms with E-state index in [4.69, 9.17) is 9.84 Å². The van der Waals surface area contributed by atoms with Gasteiger partial charge in [-0.25, -0.2) is 0 Å². The third kappa shape index (κ3) is 2.25. The van der Waals surface area contributed by atoms with E-state index < -0.39 is 6.10 Å². The number of aliphatic hydroxyl groups excluding tert-OH is 2. The lowest BCUT2D eigenvalue weighted by molar-refractivity contribution is 0.0750. The fraction of sp³-hybridized carbons (Fsp3) is 0.455. The summed E-state index contributed by atoms with van der Waals surface area (Å²) in [5, 5.41) is 18.8. The van der Waals surface area contributed by atoms with Crippen LogP contribution in [0.4, 0.5) is 0 Å². The Balaban J connectivity index is 2.93. The molecule has 1 aromatic rings. The molecule has 0 saturated carbocycles. The van der Waals surface area contributed by atoms with Gasteiger partial charge in [-0.3, -0.25) is 0 Å². The number of hydrogen-bond acceptors (Lipinski definition) is 3. The smallest absolute Gasteiger partial charge is 0.124 e. The molecule has 3 heteroatoms. The van der Waals surface area contributed by atoms with E-state index >= 15 is 0 Å². The predicted octanol–water partition coefficient (Wildman–Crippen LogP) is 1.36. The normalized spacial score (nSPS) is 14.9. The van der Waals surface area contributed by atoms with Crippen molar-refractivity contribution >= 4 is 0 Å². The molecule has 1 rings (SSSR count). The van der Waals surface area contributed by atoms with Crippen molar-refractivity contribution in [3.63, 3.8) is 0 Å². The lowest BCUT2D eigenvalue weighted by atomic mass is 9.97. The van der Waals surface area contributed by atoms with E-state index in [1.54, 1.807) is 26.2 Å². The minimum atomic E-state index is -0.684. The molecule has 1 aromatic carbocycles. The Bertz CT molecular complexity index is 286. The lowest BCUT2D eigenvalue weighted by Crippen LogP contribution is -2.13. The van der Waals surface area contributed by atoms with Crippen LogP contribution in [0.25, 0.3) is 0 Å². The Labute approximate surface area is 84.0 Å². The van der Waals surface area contributed by atoms with Gasteiger partial charge in [-0.2, -0.15) is 0 Å². The highest BCUT2D eigenvalue weighted by Crippen LogP contribution is 2.29. The molecule has 0 saturated heterocycles. The monoisotopic (exact) mass is 196 g/mol. The molecule has 0 bridgehead atoms. The van der Waals surface area contributed by atoms with Crippen LogP contribution in [0.5, 0.6) is 5.75 Å². The third-order valence-electron chi connectivity index (χ3n) is 2.28. The lowest BCUT2D eigenvalue weighted by Gasteiger charge is -2.19. The molecule has 2 atom stereocenters. The zero-order valence-electron chi connectivity index (χ0n) is 8.47. The van der Waals surface area contributed by atoms with Gasteiger partial charge in [0.05, 0.1) is 13.2 Å². The second-order valence-electron chi connectivity index (χ2n) is 3.35. The summed E-state index contributed by atoms with van der Waals surface area (Å²) in [6, 6.07) is 7.28. The van der Waals surface area contributed by atoms with Crippen LogP contribution in [0, 0.1) is 5.92 Å². The third-order valence-corrected chi connectivity index (χ3v) is 2.28. The number of rotatable bonds is 4. The van der Waals surface area contributed by atoms with Crippen molar-refractivity contribution in [2.45, 2.75) is 13.0 Å². The Morgan fingerprint density at radius 2 is 2.00 bits per heavy atom. The van der Waals surface area contributed by atoms with Crippen LogP contribution in [0.1, 0.15) is 18.6 Å². The molecule has 78 valence electrons. The van der Waals surface area contributed by atoms with Gasteiger partial charge in [-0.1, -0.05) is 25.1 Å². The van der Waals surface area contributed by atoms with Gasteiger partial charge in [0, 0.05) is 18.1 Å². The number of para-hydroxylation sites is 1. The highest BCUT2D eigenvalue weighted by Gasteiger charge is 2.18. The molecule has 0 aliphatic rings. The van der Waals surface area contributed by atoms with Gasteiger partial charge in [-0.05, 0) is 6.07 Å². The molecule has 0 aliphatic heterocycles. The molecular weight excluding hydrogens is 180 g/mol.